The van der Waals surface area contributed by atoms with Gasteiger partial charge in [-0.25, -0.2) is 4.39 Å². The first-order valence-corrected chi connectivity index (χ1v) is 7.68. The number of hydrogen-bond acceptors (Lipinski definition) is 2. The van der Waals surface area contributed by atoms with Crippen LogP contribution >= 0.6 is 0 Å². The molecule has 0 spiro atoms. The molecular weight excluding hydrogens is 319 g/mol. The van der Waals surface area contributed by atoms with Crippen LogP contribution in [0.15, 0.2) is 47.5 Å². The van der Waals surface area contributed by atoms with E-state index in [9.17, 15) is 9.18 Å². The highest BCUT2D eigenvalue weighted by molar-refractivity contribution is 6.06. The number of aryl methyl sites for hydroxylation is 1. The molecule has 0 unspecified atom stereocenters. The Labute approximate surface area is 144 Å². The molecule has 0 aliphatic heterocycles. The van der Waals surface area contributed by atoms with Crippen LogP contribution in [0.25, 0.3) is 22.0 Å². The zero-order valence-electron chi connectivity index (χ0n) is 13.9. The molecule has 1 heterocycles. The number of halogens is 1. The summed E-state index contributed by atoms with van der Waals surface area (Å²) in [5.41, 5.74) is 14.3. The molecule has 0 aliphatic carbocycles. The number of carbonyl (C=O) groups is 1. The monoisotopic (exact) mass is 336 g/mol. The molecular formula is C19H17FN4O. The summed E-state index contributed by atoms with van der Waals surface area (Å²) in [4.78, 5) is 20.2. The highest BCUT2D eigenvalue weighted by Crippen LogP contribution is 2.34. The van der Waals surface area contributed by atoms with Crippen molar-refractivity contribution in [2.45, 2.75) is 13.8 Å². The molecule has 126 valence electrons. The van der Waals surface area contributed by atoms with Gasteiger partial charge in [0.25, 0.3) is 5.91 Å². The summed E-state index contributed by atoms with van der Waals surface area (Å²) in [6, 6.07) is 11.5. The van der Waals surface area contributed by atoms with E-state index in [2.05, 4.69) is 9.98 Å². The van der Waals surface area contributed by atoms with Gasteiger partial charge in [-0.1, -0.05) is 18.2 Å². The van der Waals surface area contributed by atoms with Crippen LogP contribution in [-0.4, -0.2) is 16.9 Å². The Kier molecular flexibility index (Phi) is 4.19. The van der Waals surface area contributed by atoms with Crippen LogP contribution in [0.3, 0.4) is 0 Å². The number of benzene rings is 2. The summed E-state index contributed by atoms with van der Waals surface area (Å²) in [7, 11) is 0. The summed E-state index contributed by atoms with van der Waals surface area (Å²) in [5, 5.41) is 0.671. The van der Waals surface area contributed by atoms with E-state index in [0.717, 1.165) is 11.3 Å². The third-order valence-corrected chi connectivity index (χ3v) is 4.09. The predicted octanol–water partition coefficient (Wildman–Crippen LogP) is 3.07. The maximum absolute atomic E-state index is 14.4. The lowest BCUT2D eigenvalue weighted by Gasteiger charge is -2.14. The third-order valence-electron chi connectivity index (χ3n) is 4.09. The molecule has 2 aromatic carbocycles. The molecule has 1 aromatic heterocycles. The molecule has 0 aliphatic rings. The molecule has 25 heavy (non-hydrogen) atoms. The number of fused-ring (bicyclic) bond motifs is 1. The van der Waals surface area contributed by atoms with Gasteiger partial charge >= 0.3 is 0 Å². The standard InChI is InChI=1S/C19H17FN4O/c1-10-11(2)23-16-8-7-12(18(25)24-19(21)22)9-14(16)17(10)13-5-3-4-6-15(13)20/h3-9H,1-2H3,(H4,21,22,24,25). The zero-order chi connectivity index (χ0) is 18.1. The fourth-order valence-corrected chi connectivity index (χ4v) is 2.81. The lowest BCUT2D eigenvalue weighted by molar-refractivity contribution is 0.100. The van der Waals surface area contributed by atoms with Crippen LogP contribution in [0.5, 0.6) is 0 Å². The number of nitrogens with zero attached hydrogens (tertiary/aromatic N) is 2. The van der Waals surface area contributed by atoms with Crippen molar-refractivity contribution in [1.29, 1.82) is 0 Å². The highest BCUT2D eigenvalue weighted by atomic mass is 19.1. The molecule has 0 atom stereocenters. The number of pyridine rings is 1. The Morgan fingerprint density at radius 1 is 1.12 bits per heavy atom. The second-order valence-electron chi connectivity index (χ2n) is 5.75. The smallest absolute Gasteiger partial charge is 0.280 e. The van der Waals surface area contributed by atoms with Gasteiger partial charge in [0.15, 0.2) is 5.96 Å². The van der Waals surface area contributed by atoms with Crippen molar-refractivity contribution in [3.8, 4) is 11.1 Å². The van der Waals surface area contributed by atoms with Gasteiger partial charge < -0.3 is 11.5 Å². The zero-order valence-corrected chi connectivity index (χ0v) is 13.9. The van der Waals surface area contributed by atoms with Crippen LogP contribution in [0.2, 0.25) is 0 Å². The number of amides is 1. The Hall–Kier alpha value is -3.28. The minimum Gasteiger partial charge on any atom is -0.370 e. The molecule has 0 saturated carbocycles. The van der Waals surface area contributed by atoms with E-state index in [1.807, 2.05) is 13.8 Å². The molecule has 0 fully saturated rings. The van der Waals surface area contributed by atoms with Crippen molar-refractivity contribution in [3.05, 3.63) is 65.1 Å². The van der Waals surface area contributed by atoms with Crippen molar-refractivity contribution in [3.63, 3.8) is 0 Å². The van der Waals surface area contributed by atoms with Crippen molar-refractivity contribution in [2.75, 3.05) is 0 Å². The number of aliphatic imine (C=N–C) groups is 1. The van der Waals surface area contributed by atoms with E-state index in [4.69, 9.17) is 11.5 Å². The fourth-order valence-electron chi connectivity index (χ4n) is 2.81. The number of hydrogen-bond donors (Lipinski definition) is 2. The summed E-state index contributed by atoms with van der Waals surface area (Å²) in [6.07, 6.45) is 0. The normalized spacial score (nSPS) is 10.7. The van der Waals surface area contributed by atoms with Crippen molar-refractivity contribution < 1.29 is 9.18 Å². The molecule has 1 amide bonds. The van der Waals surface area contributed by atoms with Gasteiger partial charge in [-0.05, 0) is 49.2 Å². The summed E-state index contributed by atoms with van der Waals surface area (Å²) < 4.78 is 14.4. The Bertz CT molecular complexity index is 1020. The van der Waals surface area contributed by atoms with E-state index in [1.54, 1.807) is 36.4 Å². The molecule has 4 N–H and O–H groups in total. The average Bonchev–Trinajstić information content (AvgIpc) is 2.56. The van der Waals surface area contributed by atoms with Crippen LogP contribution in [0.4, 0.5) is 4.39 Å². The number of rotatable bonds is 2. The fraction of sp³-hybridized carbons (Fsp3) is 0.105. The number of guanidine groups is 1. The number of nitrogens with two attached hydrogens (primary N) is 2. The third kappa shape index (κ3) is 3.06. The van der Waals surface area contributed by atoms with E-state index < -0.39 is 5.91 Å². The minimum absolute atomic E-state index is 0.308. The predicted molar refractivity (Wildman–Crippen MR) is 96.8 cm³/mol. The van der Waals surface area contributed by atoms with E-state index >= 15 is 0 Å². The topological polar surface area (TPSA) is 94.4 Å². The highest BCUT2D eigenvalue weighted by Gasteiger charge is 2.16. The van der Waals surface area contributed by atoms with Gasteiger partial charge in [0.05, 0.1) is 5.52 Å². The van der Waals surface area contributed by atoms with Crippen LogP contribution < -0.4 is 11.5 Å². The molecule has 0 bridgehead atoms. The van der Waals surface area contributed by atoms with Crippen LogP contribution in [-0.2, 0) is 0 Å². The Morgan fingerprint density at radius 2 is 1.84 bits per heavy atom. The maximum Gasteiger partial charge on any atom is 0.280 e. The largest absolute Gasteiger partial charge is 0.370 e. The SMILES string of the molecule is Cc1nc2ccc(C(=O)N=C(N)N)cc2c(-c2ccccc2F)c1C. The number of carbonyl (C=O) groups excluding carboxylic acids is 1. The molecule has 0 radical (unpaired) electrons. The first-order chi connectivity index (χ1) is 11.9. The summed E-state index contributed by atoms with van der Waals surface area (Å²) >= 11 is 0. The Morgan fingerprint density at radius 3 is 2.52 bits per heavy atom. The minimum atomic E-state index is -0.556. The van der Waals surface area contributed by atoms with Crippen LogP contribution in [0, 0.1) is 19.7 Å². The lowest BCUT2D eigenvalue weighted by Crippen LogP contribution is -2.24. The molecule has 3 aromatic rings. The molecule has 0 saturated heterocycles. The Balaban J connectivity index is 2.34. The second kappa shape index (κ2) is 6.32. The van der Waals surface area contributed by atoms with Crippen molar-refractivity contribution in [1.82, 2.24) is 4.98 Å². The average molecular weight is 336 g/mol. The quantitative estimate of drug-likeness (QED) is 0.555. The van der Waals surface area contributed by atoms with Gasteiger partial charge in [-0.15, -0.1) is 0 Å². The van der Waals surface area contributed by atoms with Gasteiger partial charge in [-0.3, -0.25) is 9.78 Å². The lowest BCUT2D eigenvalue weighted by atomic mass is 9.94. The van der Waals surface area contributed by atoms with Gasteiger partial charge in [0, 0.05) is 22.2 Å². The number of aromatic nitrogens is 1. The van der Waals surface area contributed by atoms with E-state index in [-0.39, 0.29) is 11.8 Å². The van der Waals surface area contributed by atoms with Crippen molar-refractivity contribution >= 4 is 22.8 Å². The summed E-state index contributed by atoms with van der Waals surface area (Å²) in [5.74, 6) is -1.20. The van der Waals surface area contributed by atoms with Gasteiger partial charge in [-0.2, -0.15) is 4.99 Å². The molecule has 5 nitrogen and oxygen atoms in total. The summed E-state index contributed by atoms with van der Waals surface area (Å²) in [6.45, 7) is 3.76. The van der Waals surface area contributed by atoms with Crippen molar-refractivity contribution in [2.24, 2.45) is 16.5 Å². The second-order valence-corrected chi connectivity index (χ2v) is 5.75. The van der Waals surface area contributed by atoms with E-state index in [0.29, 0.717) is 27.6 Å². The molecule has 3 rings (SSSR count). The van der Waals surface area contributed by atoms with Gasteiger partial charge in [0.1, 0.15) is 5.82 Å². The van der Waals surface area contributed by atoms with E-state index in [1.165, 1.54) is 6.07 Å². The van der Waals surface area contributed by atoms with Gasteiger partial charge in [0.2, 0.25) is 0 Å². The first kappa shape index (κ1) is 16.6. The first-order valence-electron chi connectivity index (χ1n) is 7.68. The van der Waals surface area contributed by atoms with Crippen LogP contribution in [0.1, 0.15) is 21.6 Å². The molecule has 6 heteroatoms. The maximum atomic E-state index is 14.4.